The largest absolute Gasteiger partial charge is 0.462 e. The maximum absolute atomic E-state index is 11.1. The van der Waals surface area contributed by atoms with Crippen molar-refractivity contribution in [2.45, 2.75) is 66.6 Å². The second-order valence-corrected chi connectivity index (χ2v) is 5.10. The molecule has 0 aromatic carbocycles. The number of rotatable bonds is 3. The second-order valence-electron chi connectivity index (χ2n) is 5.10. The third-order valence-electron chi connectivity index (χ3n) is 1.14. The van der Waals surface area contributed by atoms with E-state index in [0.29, 0.717) is 0 Å². The fourth-order valence-corrected chi connectivity index (χ4v) is 0.763. The van der Waals surface area contributed by atoms with Gasteiger partial charge in [0.05, 0.1) is 6.10 Å². The van der Waals surface area contributed by atoms with E-state index in [1.54, 1.807) is 34.6 Å². The molecule has 0 aromatic rings. The molecule has 0 saturated carbocycles. The Bertz CT molecular complexity index is 244. The first-order chi connectivity index (χ1) is 8.12. The molecule has 0 aliphatic carbocycles. The highest BCUT2D eigenvalue weighted by atomic mass is 16.6. The summed E-state index contributed by atoms with van der Waals surface area (Å²) >= 11 is 0. The lowest BCUT2D eigenvalue weighted by molar-refractivity contribution is -0.146. The number of nitrogens with one attached hydrogen (secondary N) is 1. The molecule has 1 N–H and O–H groups in total. The van der Waals surface area contributed by atoms with Gasteiger partial charge in [-0.05, 0) is 34.6 Å². The number of carbonyl (C=O) groups is 2. The van der Waals surface area contributed by atoms with Gasteiger partial charge in [-0.25, -0.2) is 4.79 Å². The zero-order chi connectivity index (χ0) is 14.8. The average molecular weight is 261 g/mol. The molecule has 0 aromatic heterocycles. The smallest absolute Gasteiger partial charge is 0.408 e. The monoisotopic (exact) mass is 261 g/mol. The highest BCUT2D eigenvalue weighted by Gasteiger charge is 2.16. The van der Waals surface area contributed by atoms with Crippen molar-refractivity contribution in [1.82, 2.24) is 5.32 Å². The molecule has 108 valence electrons. The molecule has 5 heteroatoms. The molecule has 0 rings (SSSR count). The Morgan fingerprint density at radius 2 is 1.61 bits per heavy atom. The molecular formula is C13H27NO4. The van der Waals surface area contributed by atoms with Crippen molar-refractivity contribution >= 4 is 12.1 Å². The minimum atomic E-state index is -0.622. The molecule has 5 nitrogen and oxygen atoms in total. The zero-order valence-electron chi connectivity index (χ0n) is 12.6. The molecule has 0 aliphatic heterocycles. The topological polar surface area (TPSA) is 64.6 Å². The Kier molecular flexibility index (Phi) is 10.3. The van der Waals surface area contributed by atoms with Crippen LogP contribution in [0.3, 0.4) is 0 Å². The summed E-state index contributed by atoms with van der Waals surface area (Å²) in [5, 5.41) is 2.31. The normalized spacial score (nSPS) is 10.2. The summed E-state index contributed by atoms with van der Waals surface area (Å²) in [5.74, 6) is -0.476. The van der Waals surface area contributed by atoms with E-state index in [-0.39, 0.29) is 12.6 Å². The lowest BCUT2D eigenvalue weighted by Crippen LogP contribution is -2.36. The quantitative estimate of drug-likeness (QED) is 0.793. The number of carbonyl (C=O) groups excluding carboxylic acids is 2. The summed E-state index contributed by atoms with van der Waals surface area (Å²) in [4.78, 5) is 22.1. The van der Waals surface area contributed by atoms with E-state index in [1.165, 1.54) is 6.42 Å². The van der Waals surface area contributed by atoms with Crippen LogP contribution in [0.15, 0.2) is 0 Å². The minimum absolute atomic E-state index is 0.174. The van der Waals surface area contributed by atoms with Crippen LogP contribution in [0.25, 0.3) is 0 Å². The first-order valence-corrected chi connectivity index (χ1v) is 6.28. The molecule has 18 heavy (non-hydrogen) atoms. The highest BCUT2D eigenvalue weighted by Crippen LogP contribution is 2.06. The Morgan fingerprint density at radius 1 is 1.17 bits per heavy atom. The lowest BCUT2D eigenvalue weighted by atomic mass is 10.2. The van der Waals surface area contributed by atoms with Gasteiger partial charge in [0, 0.05) is 0 Å². The Hall–Kier alpha value is -1.26. The first-order valence-electron chi connectivity index (χ1n) is 6.28. The highest BCUT2D eigenvalue weighted by molar-refractivity contribution is 5.78. The van der Waals surface area contributed by atoms with E-state index < -0.39 is 17.7 Å². The maximum atomic E-state index is 11.1. The summed E-state index contributed by atoms with van der Waals surface area (Å²) in [6.45, 7) is 12.8. The number of hydrogen-bond acceptors (Lipinski definition) is 4. The van der Waals surface area contributed by atoms with Crippen molar-refractivity contribution < 1.29 is 19.1 Å². The Balaban J connectivity index is 0. The molecule has 0 aliphatic rings. The Morgan fingerprint density at radius 3 is 1.94 bits per heavy atom. The van der Waals surface area contributed by atoms with Crippen LogP contribution in [0.4, 0.5) is 4.79 Å². The molecule has 0 radical (unpaired) electrons. The van der Waals surface area contributed by atoms with Gasteiger partial charge in [-0.2, -0.15) is 0 Å². The summed E-state index contributed by atoms with van der Waals surface area (Å²) < 4.78 is 9.76. The van der Waals surface area contributed by atoms with Gasteiger partial charge in [0.25, 0.3) is 0 Å². The van der Waals surface area contributed by atoms with Gasteiger partial charge >= 0.3 is 12.1 Å². The van der Waals surface area contributed by atoms with Crippen LogP contribution in [0.1, 0.15) is 54.9 Å². The van der Waals surface area contributed by atoms with E-state index in [2.05, 4.69) is 19.2 Å². The second kappa shape index (κ2) is 9.74. The van der Waals surface area contributed by atoms with E-state index in [0.717, 1.165) is 0 Å². The van der Waals surface area contributed by atoms with E-state index in [9.17, 15) is 9.59 Å². The molecule has 0 spiro atoms. The first kappa shape index (κ1) is 19.1. The molecule has 0 fully saturated rings. The average Bonchev–Trinajstić information content (AvgIpc) is 2.12. The van der Waals surface area contributed by atoms with Gasteiger partial charge in [0.1, 0.15) is 12.1 Å². The summed E-state index contributed by atoms with van der Waals surface area (Å²) in [6, 6.07) is 0. The van der Waals surface area contributed by atoms with Crippen molar-refractivity contribution in [2.75, 3.05) is 6.54 Å². The van der Waals surface area contributed by atoms with E-state index in [4.69, 9.17) is 9.47 Å². The fraction of sp³-hybridized carbons (Fsp3) is 0.846. The van der Waals surface area contributed by atoms with Crippen molar-refractivity contribution in [1.29, 1.82) is 0 Å². The Labute approximate surface area is 110 Å². The molecule has 0 saturated heterocycles. The lowest BCUT2D eigenvalue weighted by Gasteiger charge is -2.19. The van der Waals surface area contributed by atoms with Gasteiger partial charge in [-0.15, -0.1) is 0 Å². The summed E-state index contributed by atoms with van der Waals surface area (Å²) in [7, 11) is 0. The van der Waals surface area contributed by atoms with Crippen molar-refractivity contribution in [3.8, 4) is 0 Å². The molecular weight excluding hydrogens is 234 g/mol. The van der Waals surface area contributed by atoms with Crippen LogP contribution in [0.2, 0.25) is 0 Å². The molecule has 0 bridgehead atoms. The zero-order valence-corrected chi connectivity index (χ0v) is 12.6. The summed E-state index contributed by atoms with van der Waals surface area (Å²) in [5.41, 5.74) is -0.563. The number of esters is 1. The predicted molar refractivity (Wildman–Crippen MR) is 71.4 cm³/mol. The van der Waals surface area contributed by atoms with E-state index >= 15 is 0 Å². The number of amides is 1. The number of alkyl carbamates (subject to hydrolysis) is 1. The number of ether oxygens (including phenoxy) is 2. The van der Waals surface area contributed by atoms with Crippen molar-refractivity contribution in [2.24, 2.45) is 0 Å². The van der Waals surface area contributed by atoms with Gasteiger partial charge in [0.2, 0.25) is 0 Å². The molecule has 0 unspecified atom stereocenters. The molecule has 1 amide bonds. The van der Waals surface area contributed by atoms with Crippen LogP contribution < -0.4 is 5.32 Å². The van der Waals surface area contributed by atoms with Crippen LogP contribution in [0, 0.1) is 0 Å². The SMILES string of the molecule is CC(C)OC(=O)CNC(=O)OC(C)(C)C.CCC. The van der Waals surface area contributed by atoms with Gasteiger partial charge < -0.3 is 14.8 Å². The maximum Gasteiger partial charge on any atom is 0.408 e. The van der Waals surface area contributed by atoms with Crippen LogP contribution in [-0.4, -0.2) is 30.3 Å². The predicted octanol–water partition coefficient (Wildman–Crippen LogP) is 2.88. The van der Waals surface area contributed by atoms with E-state index in [1.807, 2.05) is 0 Å². The van der Waals surface area contributed by atoms with Crippen LogP contribution in [-0.2, 0) is 14.3 Å². The molecule has 0 atom stereocenters. The van der Waals surface area contributed by atoms with Crippen LogP contribution >= 0.6 is 0 Å². The van der Waals surface area contributed by atoms with Crippen molar-refractivity contribution in [3.05, 3.63) is 0 Å². The molecule has 0 heterocycles. The minimum Gasteiger partial charge on any atom is -0.462 e. The third kappa shape index (κ3) is 17.1. The fourth-order valence-electron chi connectivity index (χ4n) is 0.763. The van der Waals surface area contributed by atoms with Gasteiger partial charge in [0.15, 0.2) is 0 Å². The van der Waals surface area contributed by atoms with Gasteiger partial charge in [-0.3, -0.25) is 4.79 Å². The van der Waals surface area contributed by atoms with Gasteiger partial charge in [-0.1, -0.05) is 20.3 Å². The summed E-state index contributed by atoms with van der Waals surface area (Å²) in [6.07, 6.45) is 0.446. The third-order valence-corrected chi connectivity index (χ3v) is 1.14. The standard InChI is InChI=1S/C10H19NO4.C3H8/c1-7(2)14-8(12)6-11-9(13)15-10(3,4)5;1-3-2/h7H,6H2,1-5H3,(H,11,13);3H2,1-2H3. The number of hydrogen-bond donors (Lipinski definition) is 1. The van der Waals surface area contributed by atoms with Crippen LogP contribution in [0.5, 0.6) is 0 Å². The van der Waals surface area contributed by atoms with Crippen molar-refractivity contribution in [3.63, 3.8) is 0 Å².